The third-order valence-corrected chi connectivity index (χ3v) is 5.46. The van der Waals surface area contributed by atoms with Crippen molar-refractivity contribution in [2.45, 2.75) is 25.4 Å². The molecule has 0 saturated carbocycles. The molecule has 2 aromatic heterocycles. The van der Waals surface area contributed by atoms with Crippen LogP contribution in [0.1, 0.15) is 24.1 Å². The van der Waals surface area contributed by atoms with Gasteiger partial charge in [0.15, 0.2) is 0 Å². The Morgan fingerprint density at radius 2 is 1.69 bits per heavy atom. The smallest absolute Gasteiger partial charge is 0.339 e. The standard InChI is InChI=1S/C21H21F3N6O2/c22-21(23,24)14-12-25-20(26-13-14)30-10-8-29(9-11-30)18(31)7-3-6-17-15-4-1-2-5-16(15)19(32)28-27-17/h1-2,4-5,12-13H,3,6-11H2,(H,28,32). The van der Waals surface area contributed by atoms with E-state index in [2.05, 4.69) is 20.2 Å². The van der Waals surface area contributed by atoms with Crippen molar-refractivity contribution in [2.75, 3.05) is 31.1 Å². The van der Waals surface area contributed by atoms with Gasteiger partial charge in [0, 0.05) is 50.4 Å². The zero-order valence-corrected chi connectivity index (χ0v) is 17.1. The summed E-state index contributed by atoms with van der Waals surface area (Å²) in [4.78, 5) is 35.6. The topological polar surface area (TPSA) is 95.1 Å². The number of anilines is 1. The van der Waals surface area contributed by atoms with Gasteiger partial charge in [-0.3, -0.25) is 9.59 Å². The third kappa shape index (κ3) is 4.71. The summed E-state index contributed by atoms with van der Waals surface area (Å²) < 4.78 is 37.9. The lowest BCUT2D eigenvalue weighted by atomic mass is 10.1. The number of alkyl halides is 3. The number of H-pyrrole nitrogens is 1. The lowest BCUT2D eigenvalue weighted by molar-refractivity contribution is -0.138. The van der Waals surface area contributed by atoms with Crippen LogP contribution in [0.2, 0.25) is 0 Å². The highest BCUT2D eigenvalue weighted by atomic mass is 19.4. The predicted octanol–water partition coefficient (Wildman–Crippen LogP) is 2.40. The fourth-order valence-corrected chi connectivity index (χ4v) is 3.71. The highest BCUT2D eigenvalue weighted by Crippen LogP contribution is 2.28. The molecule has 8 nitrogen and oxygen atoms in total. The van der Waals surface area contributed by atoms with Crippen molar-refractivity contribution in [2.24, 2.45) is 0 Å². The molecule has 0 unspecified atom stereocenters. The number of nitrogens with zero attached hydrogens (tertiary/aromatic N) is 5. The van der Waals surface area contributed by atoms with Crippen molar-refractivity contribution in [1.82, 2.24) is 25.1 Å². The molecule has 32 heavy (non-hydrogen) atoms. The molecular formula is C21H21F3N6O2. The van der Waals surface area contributed by atoms with Gasteiger partial charge in [0.25, 0.3) is 5.56 Å². The molecule has 1 aliphatic rings. The molecule has 3 heterocycles. The van der Waals surface area contributed by atoms with E-state index in [0.717, 1.165) is 23.5 Å². The van der Waals surface area contributed by atoms with E-state index in [1.54, 1.807) is 21.9 Å². The summed E-state index contributed by atoms with van der Waals surface area (Å²) in [5, 5.41) is 7.98. The third-order valence-electron chi connectivity index (χ3n) is 5.46. The summed E-state index contributed by atoms with van der Waals surface area (Å²) in [6, 6.07) is 7.22. The summed E-state index contributed by atoms with van der Waals surface area (Å²) >= 11 is 0. The van der Waals surface area contributed by atoms with E-state index in [1.165, 1.54) is 0 Å². The lowest BCUT2D eigenvalue weighted by Gasteiger charge is -2.34. The Labute approximate surface area is 181 Å². The van der Waals surface area contributed by atoms with Crippen molar-refractivity contribution >= 4 is 22.6 Å². The first-order chi connectivity index (χ1) is 15.3. The van der Waals surface area contributed by atoms with Gasteiger partial charge in [-0.15, -0.1) is 0 Å². The van der Waals surface area contributed by atoms with Crippen molar-refractivity contribution in [3.63, 3.8) is 0 Å². The van der Waals surface area contributed by atoms with E-state index in [1.807, 2.05) is 12.1 Å². The van der Waals surface area contributed by atoms with E-state index < -0.39 is 11.7 Å². The lowest BCUT2D eigenvalue weighted by Crippen LogP contribution is -2.49. The first-order valence-corrected chi connectivity index (χ1v) is 10.2. The van der Waals surface area contributed by atoms with E-state index in [-0.39, 0.29) is 17.4 Å². The molecule has 0 bridgehead atoms. The van der Waals surface area contributed by atoms with Gasteiger partial charge in [-0.2, -0.15) is 18.3 Å². The summed E-state index contributed by atoms with van der Waals surface area (Å²) in [5.74, 6) is 0.229. The van der Waals surface area contributed by atoms with Crippen molar-refractivity contribution in [3.05, 3.63) is 58.3 Å². The second kappa shape index (κ2) is 8.93. The Morgan fingerprint density at radius 3 is 2.34 bits per heavy atom. The predicted molar refractivity (Wildman–Crippen MR) is 111 cm³/mol. The second-order valence-corrected chi connectivity index (χ2v) is 7.54. The van der Waals surface area contributed by atoms with Gasteiger partial charge in [-0.05, 0) is 18.9 Å². The van der Waals surface area contributed by atoms with Gasteiger partial charge in [0.1, 0.15) is 0 Å². The van der Waals surface area contributed by atoms with Crippen LogP contribution in [0.5, 0.6) is 0 Å². The molecule has 0 radical (unpaired) electrons. The molecular weight excluding hydrogens is 425 g/mol. The molecule has 11 heteroatoms. The van der Waals surface area contributed by atoms with Gasteiger partial charge in [-0.1, -0.05) is 18.2 Å². The summed E-state index contributed by atoms with van der Waals surface area (Å²) in [7, 11) is 0. The van der Waals surface area contributed by atoms with Crippen LogP contribution >= 0.6 is 0 Å². The van der Waals surface area contributed by atoms with Crippen LogP contribution in [0.4, 0.5) is 19.1 Å². The second-order valence-electron chi connectivity index (χ2n) is 7.54. The van der Waals surface area contributed by atoms with E-state index in [9.17, 15) is 22.8 Å². The minimum atomic E-state index is -4.47. The Bertz CT molecular complexity index is 1150. The Hall–Kier alpha value is -3.50. The number of nitrogens with one attached hydrogen (secondary N) is 1. The summed E-state index contributed by atoms with van der Waals surface area (Å²) in [6.45, 7) is 1.79. The number of aromatic nitrogens is 4. The molecule has 1 saturated heterocycles. The van der Waals surface area contributed by atoms with Crippen LogP contribution in [-0.4, -0.2) is 57.2 Å². The first-order valence-electron chi connectivity index (χ1n) is 10.2. The number of piperazine rings is 1. The Kier molecular flexibility index (Phi) is 6.06. The van der Waals surface area contributed by atoms with Gasteiger partial charge in [0.05, 0.1) is 16.6 Å². The SMILES string of the molecule is O=C(CCCc1n[nH]c(=O)c2ccccc12)N1CCN(c2ncc(C(F)(F)F)cn2)CC1. The highest BCUT2D eigenvalue weighted by Gasteiger charge is 2.32. The van der Waals surface area contributed by atoms with Crippen molar-refractivity contribution < 1.29 is 18.0 Å². The number of hydrogen-bond donors (Lipinski definition) is 1. The average molecular weight is 446 g/mol. The van der Waals surface area contributed by atoms with Crippen LogP contribution in [-0.2, 0) is 17.4 Å². The number of hydrogen-bond acceptors (Lipinski definition) is 6. The first kappa shape index (κ1) is 21.7. The molecule has 1 fully saturated rings. The zero-order valence-electron chi connectivity index (χ0n) is 17.1. The molecule has 168 valence electrons. The number of aromatic amines is 1. The highest BCUT2D eigenvalue weighted by molar-refractivity contribution is 5.83. The molecule has 0 aliphatic carbocycles. The molecule has 1 aromatic carbocycles. The Balaban J connectivity index is 1.28. The van der Waals surface area contributed by atoms with Crippen LogP contribution < -0.4 is 10.5 Å². The largest absolute Gasteiger partial charge is 0.419 e. The number of aryl methyl sites for hydroxylation is 1. The van der Waals surface area contributed by atoms with E-state index >= 15 is 0 Å². The monoisotopic (exact) mass is 446 g/mol. The van der Waals surface area contributed by atoms with E-state index in [4.69, 9.17) is 0 Å². The molecule has 1 N–H and O–H groups in total. The van der Waals surface area contributed by atoms with Crippen LogP contribution in [0.3, 0.4) is 0 Å². The van der Waals surface area contributed by atoms with Crippen LogP contribution in [0.25, 0.3) is 10.8 Å². The van der Waals surface area contributed by atoms with Crippen molar-refractivity contribution in [1.29, 1.82) is 0 Å². The quantitative estimate of drug-likeness (QED) is 0.647. The number of carbonyl (C=O) groups excluding carboxylic acids is 1. The fraction of sp³-hybridized carbons (Fsp3) is 0.381. The van der Waals surface area contributed by atoms with Gasteiger partial charge in [0.2, 0.25) is 11.9 Å². The maximum Gasteiger partial charge on any atom is 0.419 e. The molecule has 1 amide bonds. The number of fused-ring (bicyclic) bond motifs is 1. The molecule has 0 atom stereocenters. The van der Waals surface area contributed by atoms with Gasteiger partial charge >= 0.3 is 6.18 Å². The maximum absolute atomic E-state index is 12.6. The normalized spacial score (nSPS) is 14.7. The summed E-state index contributed by atoms with van der Waals surface area (Å²) in [6.07, 6.45) is -1.44. The number of benzene rings is 1. The fourth-order valence-electron chi connectivity index (χ4n) is 3.71. The van der Waals surface area contributed by atoms with E-state index in [0.29, 0.717) is 50.8 Å². The van der Waals surface area contributed by atoms with Gasteiger partial charge in [-0.25, -0.2) is 15.1 Å². The van der Waals surface area contributed by atoms with Crippen LogP contribution in [0, 0.1) is 0 Å². The number of halogens is 3. The minimum absolute atomic E-state index is 0.00622. The van der Waals surface area contributed by atoms with Gasteiger partial charge < -0.3 is 9.80 Å². The number of amides is 1. The zero-order chi connectivity index (χ0) is 22.7. The molecule has 0 spiro atoms. The molecule has 1 aliphatic heterocycles. The van der Waals surface area contributed by atoms with Crippen molar-refractivity contribution in [3.8, 4) is 0 Å². The average Bonchev–Trinajstić information content (AvgIpc) is 2.80. The number of carbonyl (C=O) groups is 1. The number of rotatable bonds is 5. The molecule has 3 aromatic rings. The Morgan fingerprint density at radius 1 is 1.03 bits per heavy atom. The van der Waals surface area contributed by atoms with Crippen LogP contribution in [0.15, 0.2) is 41.5 Å². The molecule has 4 rings (SSSR count). The maximum atomic E-state index is 12.6. The minimum Gasteiger partial charge on any atom is -0.339 e. The summed E-state index contributed by atoms with van der Waals surface area (Å²) in [5.41, 5.74) is -0.382.